The van der Waals surface area contributed by atoms with Crippen molar-refractivity contribution in [3.8, 4) is 0 Å². The van der Waals surface area contributed by atoms with Crippen LogP contribution in [0.2, 0.25) is 5.02 Å². The van der Waals surface area contributed by atoms with Gasteiger partial charge in [-0.3, -0.25) is 9.98 Å². The molecule has 94 valence electrons. The van der Waals surface area contributed by atoms with E-state index in [1.165, 1.54) is 16.3 Å². The predicted molar refractivity (Wildman–Crippen MR) is 70.4 cm³/mol. The number of H-pyrrole nitrogens is 1. The topological polar surface area (TPSA) is 101 Å². The summed E-state index contributed by atoms with van der Waals surface area (Å²) in [6.45, 7) is 0. The van der Waals surface area contributed by atoms with Gasteiger partial charge in [-0.15, -0.1) is 5.10 Å². The molecule has 0 atom stereocenters. The fourth-order valence-electron chi connectivity index (χ4n) is 1.31. The van der Waals surface area contributed by atoms with Gasteiger partial charge in [-0.2, -0.15) is 0 Å². The number of amidine groups is 1. The van der Waals surface area contributed by atoms with E-state index in [1.54, 1.807) is 25.2 Å². The van der Waals surface area contributed by atoms with Crippen LogP contribution in [0, 0.1) is 5.41 Å². The van der Waals surface area contributed by atoms with Crippen molar-refractivity contribution in [3.05, 3.63) is 39.3 Å². The summed E-state index contributed by atoms with van der Waals surface area (Å²) < 4.78 is 1.40. The quantitative estimate of drug-likeness (QED) is 0.582. The Labute approximate surface area is 112 Å². The van der Waals surface area contributed by atoms with Crippen LogP contribution < -0.4 is 11.4 Å². The highest BCUT2D eigenvalue weighted by atomic mass is 35.5. The van der Waals surface area contributed by atoms with Crippen LogP contribution in [0.1, 0.15) is 5.56 Å². The van der Waals surface area contributed by atoms with Crippen LogP contribution >= 0.6 is 23.4 Å². The van der Waals surface area contributed by atoms with Gasteiger partial charge in [-0.1, -0.05) is 11.6 Å². The average molecular weight is 284 g/mol. The van der Waals surface area contributed by atoms with Crippen molar-refractivity contribution in [3.63, 3.8) is 0 Å². The van der Waals surface area contributed by atoms with Gasteiger partial charge in [0.2, 0.25) is 0 Å². The monoisotopic (exact) mass is 283 g/mol. The van der Waals surface area contributed by atoms with Crippen LogP contribution in [0.25, 0.3) is 0 Å². The minimum atomic E-state index is -0.274. The van der Waals surface area contributed by atoms with Crippen molar-refractivity contribution >= 4 is 29.2 Å². The molecule has 0 fully saturated rings. The van der Waals surface area contributed by atoms with Gasteiger partial charge < -0.3 is 5.73 Å². The molecule has 0 aliphatic heterocycles. The molecule has 1 aromatic heterocycles. The molecule has 8 heteroatoms. The summed E-state index contributed by atoms with van der Waals surface area (Å²) in [5.74, 6) is -0.0799. The van der Waals surface area contributed by atoms with Gasteiger partial charge in [-0.25, -0.2) is 9.89 Å². The first kappa shape index (κ1) is 12.7. The molecular formula is C10H10ClN5OS. The molecule has 0 unspecified atom stereocenters. The Morgan fingerprint density at radius 1 is 1.61 bits per heavy atom. The van der Waals surface area contributed by atoms with Crippen molar-refractivity contribution in [1.82, 2.24) is 14.8 Å². The first-order valence-electron chi connectivity index (χ1n) is 4.92. The Kier molecular flexibility index (Phi) is 3.44. The molecule has 0 aliphatic carbocycles. The molecule has 1 heterocycles. The molecule has 0 bridgehead atoms. The first-order valence-corrected chi connectivity index (χ1v) is 6.11. The molecule has 4 N–H and O–H groups in total. The second-order valence-corrected chi connectivity index (χ2v) is 4.98. The van der Waals surface area contributed by atoms with Crippen molar-refractivity contribution in [2.45, 2.75) is 10.1 Å². The number of hydrogen-bond acceptors (Lipinski definition) is 4. The lowest BCUT2D eigenvalue weighted by Gasteiger charge is -2.04. The van der Waals surface area contributed by atoms with Gasteiger partial charge in [0, 0.05) is 17.5 Å². The Morgan fingerprint density at radius 2 is 2.33 bits per heavy atom. The fourth-order valence-corrected chi connectivity index (χ4v) is 2.49. The van der Waals surface area contributed by atoms with Gasteiger partial charge in [0.15, 0.2) is 5.16 Å². The highest BCUT2D eigenvalue weighted by Gasteiger charge is 2.09. The Balaban J connectivity index is 2.31. The summed E-state index contributed by atoms with van der Waals surface area (Å²) in [6, 6.07) is 5.12. The maximum absolute atomic E-state index is 11.2. The van der Waals surface area contributed by atoms with Crippen molar-refractivity contribution in [1.29, 1.82) is 5.41 Å². The molecule has 6 nitrogen and oxygen atoms in total. The normalized spacial score (nSPS) is 10.6. The van der Waals surface area contributed by atoms with Crippen LogP contribution in [0.15, 0.2) is 33.0 Å². The summed E-state index contributed by atoms with van der Waals surface area (Å²) in [5, 5.41) is 14.5. The lowest BCUT2D eigenvalue weighted by Crippen LogP contribution is -2.13. The Morgan fingerprint density at radius 3 is 2.83 bits per heavy atom. The van der Waals surface area contributed by atoms with E-state index in [9.17, 15) is 4.79 Å². The minimum absolute atomic E-state index is 0.0799. The zero-order valence-corrected chi connectivity index (χ0v) is 11.0. The highest BCUT2D eigenvalue weighted by molar-refractivity contribution is 7.99. The van der Waals surface area contributed by atoms with Crippen LogP contribution in [0.5, 0.6) is 0 Å². The van der Waals surface area contributed by atoms with E-state index in [0.717, 1.165) is 4.90 Å². The fraction of sp³-hybridized carbons (Fsp3) is 0.100. The number of rotatable bonds is 3. The van der Waals surface area contributed by atoms with Crippen molar-refractivity contribution in [2.24, 2.45) is 12.8 Å². The summed E-state index contributed by atoms with van der Waals surface area (Å²) in [4.78, 5) is 12.0. The third-order valence-electron chi connectivity index (χ3n) is 2.28. The lowest BCUT2D eigenvalue weighted by atomic mass is 10.2. The van der Waals surface area contributed by atoms with Gasteiger partial charge >= 0.3 is 5.69 Å². The molecule has 0 aliphatic rings. The number of halogens is 1. The minimum Gasteiger partial charge on any atom is -0.384 e. The maximum Gasteiger partial charge on any atom is 0.343 e. The Bertz CT molecular complexity index is 663. The van der Waals surface area contributed by atoms with Gasteiger partial charge in [0.05, 0.1) is 5.02 Å². The van der Waals surface area contributed by atoms with E-state index in [-0.39, 0.29) is 11.5 Å². The second-order valence-electron chi connectivity index (χ2n) is 3.53. The zero-order chi connectivity index (χ0) is 13.3. The molecule has 0 radical (unpaired) electrons. The van der Waals surface area contributed by atoms with Crippen LogP contribution in [-0.4, -0.2) is 20.6 Å². The standard InChI is InChI=1S/C10H10ClN5OS/c1-16-9(17)14-15-10(16)18-5-2-3-6(8(12)13)7(11)4-5/h2-4H,1H3,(H3,12,13)(H,14,17). The number of benzene rings is 1. The molecule has 0 saturated heterocycles. The summed E-state index contributed by atoms with van der Waals surface area (Å²) in [5.41, 5.74) is 5.58. The largest absolute Gasteiger partial charge is 0.384 e. The molecule has 2 rings (SSSR count). The summed E-state index contributed by atoms with van der Waals surface area (Å²) in [6.07, 6.45) is 0. The third-order valence-corrected chi connectivity index (χ3v) is 3.63. The number of aromatic amines is 1. The van der Waals surface area contributed by atoms with Gasteiger partial charge in [0.25, 0.3) is 0 Å². The predicted octanol–water partition coefficient (Wildman–Crippen LogP) is 1.20. The highest BCUT2D eigenvalue weighted by Crippen LogP contribution is 2.28. The number of nitrogens with zero attached hydrogens (tertiary/aromatic N) is 2. The van der Waals surface area contributed by atoms with E-state index in [2.05, 4.69) is 10.2 Å². The lowest BCUT2D eigenvalue weighted by molar-refractivity contribution is 0.766. The second kappa shape index (κ2) is 4.87. The van der Waals surface area contributed by atoms with Crippen LogP contribution in [0.4, 0.5) is 0 Å². The smallest absolute Gasteiger partial charge is 0.343 e. The molecule has 2 aromatic rings. The SMILES string of the molecule is Cn1c(Sc2ccc(C(=N)N)c(Cl)c2)n[nH]c1=O. The Hall–Kier alpha value is -1.73. The number of nitrogens with two attached hydrogens (primary N) is 1. The van der Waals surface area contributed by atoms with Gasteiger partial charge in [-0.05, 0) is 30.0 Å². The average Bonchev–Trinajstić information content (AvgIpc) is 2.61. The van der Waals surface area contributed by atoms with Gasteiger partial charge in [0.1, 0.15) is 5.84 Å². The van der Waals surface area contributed by atoms with E-state index < -0.39 is 0 Å². The van der Waals surface area contributed by atoms with Crippen LogP contribution in [-0.2, 0) is 7.05 Å². The summed E-state index contributed by atoms with van der Waals surface area (Å²) >= 11 is 7.30. The molecule has 18 heavy (non-hydrogen) atoms. The van der Waals surface area contributed by atoms with Crippen molar-refractivity contribution in [2.75, 3.05) is 0 Å². The van der Waals surface area contributed by atoms with Crippen molar-refractivity contribution < 1.29 is 0 Å². The number of nitrogen functional groups attached to an aromatic ring is 1. The number of aromatic nitrogens is 3. The molecule has 0 saturated carbocycles. The van der Waals surface area contributed by atoms with E-state index in [4.69, 9.17) is 22.7 Å². The molecule has 1 aromatic carbocycles. The molecule has 0 amide bonds. The third kappa shape index (κ3) is 2.41. The van der Waals surface area contributed by atoms with E-state index >= 15 is 0 Å². The van der Waals surface area contributed by atoms with E-state index in [0.29, 0.717) is 15.7 Å². The first-order chi connectivity index (χ1) is 8.49. The molecular weight excluding hydrogens is 274 g/mol. The number of hydrogen-bond donors (Lipinski definition) is 3. The summed E-state index contributed by atoms with van der Waals surface area (Å²) in [7, 11) is 1.62. The maximum atomic E-state index is 11.2. The van der Waals surface area contributed by atoms with E-state index in [1.807, 2.05) is 0 Å². The van der Waals surface area contributed by atoms with Crippen LogP contribution in [0.3, 0.4) is 0 Å². The molecule has 0 spiro atoms. The number of nitrogens with one attached hydrogen (secondary N) is 2. The zero-order valence-electron chi connectivity index (χ0n) is 9.40.